The number of hydrogen-bond acceptors (Lipinski definition) is 3. The predicted molar refractivity (Wildman–Crippen MR) is 63.2 cm³/mol. The van der Waals surface area contributed by atoms with Crippen molar-refractivity contribution in [3.63, 3.8) is 0 Å². The van der Waals surface area contributed by atoms with Crippen molar-refractivity contribution in [3.8, 4) is 5.75 Å². The number of amides is 1. The van der Waals surface area contributed by atoms with Crippen molar-refractivity contribution in [1.29, 1.82) is 0 Å². The quantitative estimate of drug-likeness (QED) is 0.919. The first kappa shape index (κ1) is 11.4. The molecule has 1 unspecified atom stereocenters. The maximum Gasteiger partial charge on any atom is 0.260 e. The van der Waals surface area contributed by atoms with E-state index in [0.29, 0.717) is 11.8 Å². The van der Waals surface area contributed by atoms with Gasteiger partial charge in [-0.1, -0.05) is 0 Å². The summed E-state index contributed by atoms with van der Waals surface area (Å²) in [6, 6.07) is 2.15. The molecule has 0 aliphatic heterocycles. The van der Waals surface area contributed by atoms with Crippen molar-refractivity contribution in [1.82, 2.24) is 10.3 Å². The van der Waals surface area contributed by atoms with E-state index in [1.165, 1.54) is 0 Å². The number of pyridine rings is 1. The molecule has 4 nitrogen and oxygen atoms in total. The minimum Gasteiger partial charge on any atom is -0.479 e. The van der Waals surface area contributed by atoms with E-state index in [1.807, 2.05) is 0 Å². The number of halogens is 1. The second kappa shape index (κ2) is 4.82. The normalized spacial score (nSPS) is 16.6. The Morgan fingerprint density at radius 1 is 1.62 bits per heavy atom. The van der Waals surface area contributed by atoms with Crippen molar-refractivity contribution < 1.29 is 9.53 Å². The lowest BCUT2D eigenvalue weighted by Crippen LogP contribution is -2.37. The molecule has 5 heteroatoms. The van der Waals surface area contributed by atoms with Gasteiger partial charge in [-0.05, 0) is 41.8 Å². The molecular formula is C11H13BrN2O2. The molecule has 1 aromatic rings. The van der Waals surface area contributed by atoms with Gasteiger partial charge < -0.3 is 10.1 Å². The first-order valence-corrected chi connectivity index (χ1v) is 6.02. The first-order chi connectivity index (χ1) is 7.65. The Labute approximate surface area is 103 Å². The minimum atomic E-state index is -0.489. The maximum absolute atomic E-state index is 11.6. The van der Waals surface area contributed by atoms with Gasteiger partial charge in [-0.2, -0.15) is 0 Å². The van der Waals surface area contributed by atoms with Crippen LogP contribution in [0, 0.1) is 0 Å². The van der Waals surface area contributed by atoms with Crippen LogP contribution in [0.5, 0.6) is 5.75 Å². The van der Waals surface area contributed by atoms with Gasteiger partial charge in [0.15, 0.2) is 6.10 Å². The molecule has 0 aromatic carbocycles. The topological polar surface area (TPSA) is 51.2 Å². The molecule has 0 radical (unpaired) electrons. The van der Waals surface area contributed by atoms with E-state index in [4.69, 9.17) is 4.74 Å². The molecular weight excluding hydrogens is 272 g/mol. The third-order valence-corrected chi connectivity index (χ3v) is 2.72. The largest absolute Gasteiger partial charge is 0.479 e. The summed E-state index contributed by atoms with van der Waals surface area (Å²) in [6.07, 6.45) is 4.93. The smallest absolute Gasteiger partial charge is 0.260 e. The number of carbonyl (C=O) groups is 1. The van der Waals surface area contributed by atoms with Gasteiger partial charge in [0.1, 0.15) is 5.75 Å². The van der Waals surface area contributed by atoms with Crippen LogP contribution in [0.25, 0.3) is 0 Å². The Balaban J connectivity index is 1.90. The van der Waals surface area contributed by atoms with Gasteiger partial charge >= 0.3 is 0 Å². The Hall–Kier alpha value is -1.10. The van der Waals surface area contributed by atoms with Crippen LogP contribution in [-0.2, 0) is 4.79 Å². The molecule has 0 spiro atoms. The molecule has 1 aliphatic rings. The van der Waals surface area contributed by atoms with Crippen molar-refractivity contribution >= 4 is 21.8 Å². The zero-order valence-corrected chi connectivity index (χ0v) is 10.5. The van der Waals surface area contributed by atoms with Gasteiger partial charge in [0.05, 0.1) is 6.20 Å². The molecule has 1 fully saturated rings. The summed E-state index contributed by atoms with van der Waals surface area (Å²) in [5.41, 5.74) is 0. The first-order valence-electron chi connectivity index (χ1n) is 5.23. The summed E-state index contributed by atoms with van der Waals surface area (Å²) in [5, 5.41) is 2.89. The molecule has 86 valence electrons. The summed E-state index contributed by atoms with van der Waals surface area (Å²) in [6.45, 7) is 1.73. The highest BCUT2D eigenvalue weighted by Gasteiger charge is 2.26. The number of hydrogen-bond donors (Lipinski definition) is 1. The highest BCUT2D eigenvalue weighted by molar-refractivity contribution is 9.10. The maximum atomic E-state index is 11.6. The van der Waals surface area contributed by atoms with E-state index in [9.17, 15) is 4.79 Å². The lowest BCUT2D eigenvalue weighted by molar-refractivity contribution is -0.127. The predicted octanol–water partition coefficient (Wildman–Crippen LogP) is 1.89. The molecule has 0 saturated heterocycles. The van der Waals surface area contributed by atoms with Crippen LogP contribution in [0.3, 0.4) is 0 Å². The molecule has 16 heavy (non-hydrogen) atoms. The molecule has 0 bridgehead atoms. The minimum absolute atomic E-state index is 0.0672. The second-order valence-electron chi connectivity index (χ2n) is 3.88. The van der Waals surface area contributed by atoms with Gasteiger partial charge in [0.2, 0.25) is 0 Å². The number of carbonyl (C=O) groups excluding carboxylic acids is 1. The second-order valence-corrected chi connectivity index (χ2v) is 4.80. The molecule has 1 N–H and O–H groups in total. The number of nitrogens with zero attached hydrogens (tertiary/aromatic N) is 1. The van der Waals surface area contributed by atoms with E-state index in [-0.39, 0.29) is 5.91 Å². The Kier molecular flexibility index (Phi) is 3.43. The number of aromatic nitrogens is 1. The number of rotatable bonds is 4. The average molecular weight is 285 g/mol. The van der Waals surface area contributed by atoms with Crippen LogP contribution in [0.15, 0.2) is 22.9 Å². The van der Waals surface area contributed by atoms with Crippen LogP contribution in [0.1, 0.15) is 19.8 Å². The molecule has 1 heterocycles. The lowest BCUT2D eigenvalue weighted by Gasteiger charge is -2.14. The van der Waals surface area contributed by atoms with Crippen LogP contribution in [-0.4, -0.2) is 23.0 Å². The SMILES string of the molecule is CC(Oc1cncc(Br)c1)C(=O)NC1CC1. The van der Waals surface area contributed by atoms with E-state index in [0.717, 1.165) is 17.3 Å². The van der Waals surface area contributed by atoms with Crippen molar-refractivity contribution in [3.05, 3.63) is 22.9 Å². The lowest BCUT2D eigenvalue weighted by atomic mass is 10.3. The number of nitrogens with one attached hydrogen (secondary N) is 1. The van der Waals surface area contributed by atoms with Crippen LogP contribution >= 0.6 is 15.9 Å². The van der Waals surface area contributed by atoms with Crippen molar-refractivity contribution in [2.24, 2.45) is 0 Å². The summed E-state index contributed by atoms with van der Waals surface area (Å²) >= 11 is 3.30. The highest BCUT2D eigenvalue weighted by atomic mass is 79.9. The van der Waals surface area contributed by atoms with Crippen LogP contribution in [0.4, 0.5) is 0 Å². The molecule has 1 amide bonds. The zero-order chi connectivity index (χ0) is 11.5. The molecule has 1 aliphatic carbocycles. The summed E-state index contributed by atoms with van der Waals surface area (Å²) in [7, 11) is 0. The molecule has 2 rings (SSSR count). The summed E-state index contributed by atoms with van der Waals surface area (Å²) in [5.74, 6) is 0.523. The summed E-state index contributed by atoms with van der Waals surface area (Å²) in [4.78, 5) is 15.6. The average Bonchev–Trinajstić information content (AvgIpc) is 3.01. The van der Waals surface area contributed by atoms with Crippen molar-refractivity contribution in [2.75, 3.05) is 0 Å². The van der Waals surface area contributed by atoms with Gasteiger partial charge in [-0.25, -0.2) is 0 Å². The van der Waals surface area contributed by atoms with E-state index < -0.39 is 6.10 Å². The third-order valence-electron chi connectivity index (χ3n) is 2.29. The number of ether oxygens (including phenoxy) is 1. The van der Waals surface area contributed by atoms with Gasteiger partial charge in [0.25, 0.3) is 5.91 Å². The molecule has 1 saturated carbocycles. The zero-order valence-electron chi connectivity index (χ0n) is 8.94. The van der Waals surface area contributed by atoms with E-state index >= 15 is 0 Å². The van der Waals surface area contributed by atoms with Crippen LogP contribution in [0.2, 0.25) is 0 Å². The van der Waals surface area contributed by atoms with E-state index in [2.05, 4.69) is 26.2 Å². The fourth-order valence-electron chi connectivity index (χ4n) is 1.26. The van der Waals surface area contributed by atoms with E-state index in [1.54, 1.807) is 25.4 Å². The fraction of sp³-hybridized carbons (Fsp3) is 0.455. The van der Waals surface area contributed by atoms with Gasteiger partial charge in [0, 0.05) is 16.7 Å². The fourth-order valence-corrected chi connectivity index (χ4v) is 1.60. The Morgan fingerprint density at radius 3 is 3.00 bits per heavy atom. The monoisotopic (exact) mass is 284 g/mol. The summed E-state index contributed by atoms with van der Waals surface area (Å²) < 4.78 is 6.31. The Morgan fingerprint density at radius 2 is 2.38 bits per heavy atom. The molecule has 1 atom stereocenters. The van der Waals surface area contributed by atoms with Crippen LogP contribution < -0.4 is 10.1 Å². The highest BCUT2D eigenvalue weighted by Crippen LogP contribution is 2.20. The standard InChI is InChI=1S/C11H13BrN2O2/c1-7(11(15)14-9-2-3-9)16-10-4-8(12)5-13-6-10/h4-7,9H,2-3H2,1H3,(H,14,15). The van der Waals surface area contributed by atoms with Gasteiger partial charge in [-0.3, -0.25) is 9.78 Å². The van der Waals surface area contributed by atoms with Crippen molar-refractivity contribution in [2.45, 2.75) is 31.9 Å². The Bertz CT molecular complexity index is 393. The third kappa shape index (κ3) is 3.20. The van der Waals surface area contributed by atoms with Gasteiger partial charge in [-0.15, -0.1) is 0 Å². The molecule has 1 aromatic heterocycles.